The van der Waals surface area contributed by atoms with Crippen LogP contribution in [0.5, 0.6) is 6.01 Å². The summed E-state index contributed by atoms with van der Waals surface area (Å²) in [6.07, 6.45) is 1.98. The maximum Gasteiger partial charge on any atom is 0.322 e. The first-order chi connectivity index (χ1) is 8.06. The second-order valence-corrected chi connectivity index (χ2v) is 4.11. The highest BCUT2D eigenvalue weighted by atomic mass is 16.5. The molecular weight excluding hydrogens is 218 g/mol. The normalized spacial score (nSPS) is 11.1. The molecule has 1 heterocycles. The van der Waals surface area contributed by atoms with Crippen molar-refractivity contribution in [3.63, 3.8) is 0 Å². The fourth-order valence-corrected chi connectivity index (χ4v) is 1.31. The summed E-state index contributed by atoms with van der Waals surface area (Å²) in [5.74, 6) is 1.03. The number of ether oxygens (including phenoxy) is 1. The molecule has 1 rings (SSSR count). The van der Waals surface area contributed by atoms with Gasteiger partial charge < -0.3 is 15.4 Å². The van der Waals surface area contributed by atoms with Crippen molar-refractivity contribution in [1.29, 1.82) is 0 Å². The molecule has 2 N–H and O–H groups in total. The van der Waals surface area contributed by atoms with Gasteiger partial charge >= 0.3 is 6.01 Å². The highest BCUT2D eigenvalue weighted by molar-refractivity contribution is 5.37. The number of methoxy groups -OCH3 is 1. The van der Waals surface area contributed by atoms with Crippen molar-refractivity contribution in [1.82, 2.24) is 15.0 Å². The van der Waals surface area contributed by atoms with Gasteiger partial charge in [-0.15, -0.1) is 0 Å². The van der Waals surface area contributed by atoms with E-state index in [2.05, 4.69) is 46.4 Å². The van der Waals surface area contributed by atoms with Gasteiger partial charge in [0.2, 0.25) is 11.9 Å². The van der Waals surface area contributed by atoms with E-state index in [0.717, 1.165) is 12.8 Å². The van der Waals surface area contributed by atoms with E-state index in [1.54, 1.807) is 7.05 Å². The number of hydrogen-bond donors (Lipinski definition) is 2. The van der Waals surface area contributed by atoms with Crippen LogP contribution in [-0.2, 0) is 0 Å². The van der Waals surface area contributed by atoms with Crippen LogP contribution in [0, 0.1) is 0 Å². The second kappa shape index (κ2) is 5.65. The van der Waals surface area contributed by atoms with Crippen molar-refractivity contribution in [2.45, 2.75) is 39.2 Å². The van der Waals surface area contributed by atoms with Gasteiger partial charge in [0, 0.05) is 12.6 Å². The average molecular weight is 239 g/mol. The standard InChI is InChI=1S/C11H21N5O/c1-6-11(3,7-2)16-9-13-8(12-4)14-10(15-9)17-5/h6-7H2,1-5H3,(H2,12,13,14,15,16). The summed E-state index contributed by atoms with van der Waals surface area (Å²) in [4.78, 5) is 12.5. The van der Waals surface area contributed by atoms with E-state index >= 15 is 0 Å². The molecule has 0 unspecified atom stereocenters. The molecule has 0 aliphatic carbocycles. The average Bonchev–Trinajstić information content (AvgIpc) is 2.37. The molecule has 0 saturated carbocycles. The molecule has 0 radical (unpaired) electrons. The topological polar surface area (TPSA) is 72.0 Å². The Morgan fingerprint density at radius 2 is 1.71 bits per heavy atom. The fourth-order valence-electron chi connectivity index (χ4n) is 1.31. The molecule has 17 heavy (non-hydrogen) atoms. The summed E-state index contributed by atoms with van der Waals surface area (Å²) in [5.41, 5.74) is -0.0165. The molecule has 0 aliphatic heterocycles. The highest BCUT2D eigenvalue weighted by Gasteiger charge is 2.21. The molecule has 0 bridgehead atoms. The molecule has 6 nitrogen and oxygen atoms in total. The Morgan fingerprint density at radius 3 is 2.18 bits per heavy atom. The Kier molecular flexibility index (Phi) is 4.48. The molecule has 0 atom stereocenters. The van der Waals surface area contributed by atoms with Gasteiger partial charge in [-0.25, -0.2) is 0 Å². The monoisotopic (exact) mass is 239 g/mol. The molecule has 6 heteroatoms. The van der Waals surface area contributed by atoms with Crippen LogP contribution in [0.1, 0.15) is 33.6 Å². The predicted octanol–water partition coefficient (Wildman–Crippen LogP) is 1.91. The molecule has 0 amide bonds. The van der Waals surface area contributed by atoms with E-state index in [-0.39, 0.29) is 5.54 Å². The number of aromatic nitrogens is 3. The van der Waals surface area contributed by atoms with Crippen LogP contribution < -0.4 is 15.4 Å². The third kappa shape index (κ3) is 3.44. The van der Waals surface area contributed by atoms with E-state index in [0.29, 0.717) is 17.9 Å². The zero-order valence-corrected chi connectivity index (χ0v) is 11.2. The number of hydrogen-bond acceptors (Lipinski definition) is 6. The van der Waals surface area contributed by atoms with Gasteiger partial charge in [0.25, 0.3) is 0 Å². The summed E-state index contributed by atoms with van der Waals surface area (Å²) < 4.78 is 5.04. The molecular formula is C11H21N5O. The summed E-state index contributed by atoms with van der Waals surface area (Å²) in [6, 6.07) is 0.307. The molecule has 0 spiro atoms. The largest absolute Gasteiger partial charge is 0.467 e. The Bertz CT molecular complexity index is 343. The number of nitrogens with one attached hydrogen (secondary N) is 2. The van der Waals surface area contributed by atoms with Crippen molar-refractivity contribution in [3.8, 4) is 6.01 Å². The zero-order valence-electron chi connectivity index (χ0n) is 11.2. The minimum absolute atomic E-state index is 0.0165. The third-order valence-electron chi connectivity index (χ3n) is 3.00. The van der Waals surface area contributed by atoms with Gasteiger partial charge in [0.1, 0.15) is 0 Å². The molecule has 0 aliphatic rings. The second-order valence-electron chi connectivity index (χ2n) is 4.11. The van der Waals surface area contributed by atoms with Gasteiger partial charge in [-0.3, -0.25) is 0 Å². The van der Waals surface area contributed by atoms with Crippen molar-refractivity contribution < 1.29 is 4.74 Å². The van der Waals surface area contributed by atoms with Gasteiger partial charge in [-0.2, -0.15) is 15.0 Å². The molecule has 0 aromatic carbocycles. The van der Waals surface area contributed by atoms with Gasteiger partial charge in [-0.05, 0) is 19.8 Å². The van der Waals surface area contributed by atoms with Crippen LogP contribution in [0.15, 0.2) is 0 Å². The van der Waals surface area contributed by atoms with E-state index in [4.69, 9.17) is 4.74 Å². The van der Waals surface area contributed by atoms with E-state index in [1.165, 1.54) is 7.11 Å². The van der Waals surface area contributed by atoms with Crippen LogP contribution in [-0.4, -0.2) is 34.6 Å². The lowest BCUT2D eigenvalue weighted by Crippen LogP contribution is -2.34. The number of anilines is 2. The van der Waals surface area contributed by atoms with Crippen molar-refractivity contribution >= 4 is 11.9 Å². The first-order valence-electron chi connectivity index (χ1n) is 5.83. The summed E-state index contributed by atoms with van der Waals surface area (Å²) >= 11 is 0. The Balaban J connectivity index is 2.97. The summed E-state index contributed by atoms with van der Waals surface area (Å²) in [7, 11) is 3.30. The minimum Gasteiger partial charge on any atom is -0.467 e. The van der Waals surface area contributed by atoms with Gasteiger partial charge in [0.05, 0.1) is 7.11 Å². The quantitative estimate of drug-likeness (QED) is 0.790. The van der Waals surface area contributed by atoms with Crippen LogP contribution in [0.2, 0.25) is 0 Å². The maximum absolute atomic E-state index is 5.04. The molecule has 96 valence electrons. The Labute approximate surface area is 102 Å². The lowest BCUT2D eigenvalue weighted by atomic mass is 9.96. The van der Waals surface area contributed by atoms with E-state index in [9.17, 15) is 0 Å². The van der Waals surface area contributed by atoms with E-state index < -0.39 is 0 Å². The fraction of sp³-hybridized carbons (Fsp3) is 0.727. The van der Waals surface area contributed by atoms with E-state index in [1.807, 2.05) is 0 Å². The molecule has 1 aromatic heterocycles. The number of rotatable bonds is 6. The third-order valence-corrected chi connectivity index (χ3v) is 3.00. The SMILES string of the molecule is CCC(C)(CC)Nc1nc(NC)nc(OC)n1. The van der Waals surface area contributed by atoms with Crippen LogP contribution >= 0.6 is 0 Å². The van der Waals surface area contributed by atoms with Gasteiger partial charge in [0.15, 0.2) is 0 Å². The first kappa shape index (κ1) is 13.5. The molecule has 0 saturated heterocycles. The Hall–Kier alpha value is -1.59. The lowest BCUT2D eigenvalue weighted by Gasteiger charge is -2.28. The van der Waals surface area contributed by atoms with Crippen molar-refractivity contribution in [2.75, 3.05) is 24.8 Å². The van der Waals surface area contributed by atoms with Crippen LogP contribution in [0.25, 0.3) is 0 Å². The molecule has 1 aromatic rings. The van der Waals surface area contributed by atoms with Crippen LogP contribution in [0.4, 0.5) is 11.9 Å². The molecule has 0 fully saturated rings. The zero-order chi connectivity index (χ0) is 12.9. The first-order valence-corrected chi connectivity index (χ1v) is 5.83. The predicted molar refractivity (Wildman–Crippen MR) is 68.5 cm³/mol. The minimum atomic E-state index is -0.0165. The Morgan fingerprint density at radius 1 is 1.12 bits per heavy atom. The smallest absolute Gasteiger partial charge is 0.322 e. The van der Waals surface area contributed by atoms with Gasteiger partial charge in [-0.1, -0.05) is 13.8 Å². The maximum atomic E-state index is 5.04. The highest BCUT2D eigenvalue weighted by Crippen LogP contribution is 2.20. The summed E-state index contributed by atoms with van der Waals surface area (Å²) in [5, 5.41) is 6.20. The summed E-state index contributed by atoms with van der Waals surface area (Å²) in [6.45, 7) is 6.41. The number of nitrogens with zero attached hydrogens (tertiary/aromatic N) is 3. The lowest BCUT2D eigenvalue weighted by molar-refractivity contribution is 0.378. The van der Waals surface area contributed by atoms with Crippen LogP contribution in [0.3, 0.4) is 0 Å². The van der Waals surface area contributed by atoms with Crippen molar-refractivity contribution in [2.24, 2.45) is 0 Å². The van der Waals surface area contributed by atoms with Crippen molar-refractivity contribution in [3.05, 3.63) is 0 Å².